The molecule has 10 heavy (non-hydrogen) atoms. The summed E-state index contributed by atoms with van der Waals surface area (Å²) in [6.45, 7) is 2.42. The first-order chi connectivity index (χ1) is 4.52. The second-order valence-corrected chi connectivity index (χ2v) is 1.90. The van der Waals surface area contributed by atoms with Crippen molar-refractivity contribution in [3.8, 4) is 0 Å². The van der Waals surface area contributed by atoms with Crippen LogP contribution in [0.1, 0.15) is 6.92 Å². The molecule has 1 unspecified atom stereocenters. The molecule has 0 aromatic heterocycles. The third-order valence-corrected chi connectivity index (χ3v) is 0.966. The third kappa shape index (κ3) is 2.75. The second-order valence-electron chi connectivity index (χ2n) is 1.90. The molecule has 0 saturated heterocycles. The molecule has 0 radical (unpaired) electrons. The molecule has 60 valence electrons. The molecule has 0 saturated carbocycles. The van der Waals surface area contributed by atoms with Crippen molar-refractivity contribution in [2.24, 2.45) is 0 Å². The summed E-state index contributed by atoms with van der Waals surface area (Å²) in [5.74, 6) is -3.15. The summed E-state index contributed by atoms with van der Waals surface area (Å²) in [5, 5.41) is 0. The van der Waals surface area contributed by atoms with Crippen LogP contribution < -0.4 is 0 Å². The lowest BCUT2D eigenvalue weighted by Gasteiger charge is -2.19. The van der Waals surface area contributed by atoms with Crippen LogP contribution in [0.25, 0.3) is 0 Å². The lowest BCUT2D eigenvalue weighted by Crippen LogP contribution is -2.33. The Morgan fingerprint density at radius 2 is 2.20 bits per heavy atom. The van der Waals surface area contributed by atoms with Crippen LogP contribution >= 0.6 is 0 Å². The topological polar surface area (TPSA) is 9.23 Å². The molecule has 0 fully saturated rings. The second kappa shape index (κ2) is 3.49. The summed E-state index contributed by atoms with van der Waals surface area (Å²) in [7, 11) is 0. The highest BCUT2D eigenvalue weighted by Gasteiger charge is 2.35. The van der Waals surface area contributed by atoms with Gasteiger partial charge in [0.25, 0.3) is 5.92 Å². The van der Waals surface area contributed by atoms with Gasteiger partial charge in [0.2, 0.25) is 0 Å². The van der Waals surface area contributed by atoms with Crippen LogP contribution in [-0.2, 0) is 4.74 Å². The predicted octanol–water partition coefficient (Wildman–Crippen LogP) is 2.14. The fraction of sp³-hybridized carbons (Fsp3) is 0.667. The highest BCUT2D eigenvalue weighted by atomic mass is 19.3. The van der Waals surface area contributed by atoms with E-state index in [0.717, 1.165) is 6.26 Å². The molecule has 1 atom stereocenters. The molecule has 4 heteroatoms. The molecule has 1 nitrogen and oxygen atoms in total. The molecule has 0 aromatic carbocycles. The predicted molar refractivity (Wildman–Crippen MR) is 31.7 cm³/mol. The standard InChI is InChI=1S/C6H9F3O/c1-3-10-5(4-7)6(2,8)9/h3,5H,1,4H2,2H3. The zero-order valence-electron chi connectivity index (χ0n) is 5.61. The Labute approximate surface area is 57.5 Å². The van der Waals surface area contributed by atoms with Gasteiger partial charge in [-0.1, -0.05) is 6.58 Å². The number of rotatable bonds is 4. The van der Waals surface area contributed by atoms with Crippen molar-refractivity contribution in [3.05, 3.63) is 12.8 Å². The molecule has 0 aromatic rings. The van der Waals surface area contributed by atoms with Gasteiger partial charge in [-0.3, -0.25) is 0 Å². The lowest BCUT2D eigenvalue weighted by molar-refractivity contribution is -0.105. The van der Waals surface area contributed by atoms with E-state index in [9.17, 15) is 13.2 Å². The van der Waals surface area contributed by atoms with Gasteiger partial charge in [-0.25, -0.2) is 13.2 Å². The Morgan fingerprint density at radius 1 is 1.70 bits per heavy atom. The van der Waals surface area contributed by atoms with Gasteiger partial charge in [0.1, 0.15) is 6.67 Å². The van der Waals surface area contributed by atoms with E-state index in [2.05, 4.69) is 11.3 Å². The van der Waals surface area contributed by atoms with Gasteiger partial charge < -0.3 is 4.74 Å². The van der Waals surface area contributed by atoms with Gasteiger partial charge in [-0.15, -0.1) is 0 Å². The number of hydrogen-bond acceptors (Lipinski definition) is 1. The van der Waals surface area contributed by atoms with Crippen molar-refractivity contribution in [3.63, 3.8) is 0 Å². The molecule has 0 heterocycles. The fourth-order valence-electron chi connectivity index (χ4n) is 0.407. The maximum absolute atomic E-state index is 12.2. The summed E-state index contributed by atoms with van der Waals surface area (Å²) in [4.78, 5) is 0. The van der Waals surface area contributed by atoms with Crippen LogP contribution in [-0.4, -0.2) is 18.7 Å². The molecular weight excluding hydrogens is 145 g/mol. The van der Waals surface area contributed by atoms with E-state index in [-0.39, 0.29) is 0 Å². The molecule has 0 bridgehead atoms. The van der Waals surface area contributed by atoms with Crippen LogP contribution in [0.5, 0.6) is 0 Å². The largest absolute Gasteiger partial charge is 0.490 e. The Morgan fingerprint density at radius 3 is 2.30 bits per heavy atom. The van der Waals surface area contributed by atoms with Gasteiger partial charge in [0.05, 0.1) is 6.26 Å². The zero-order valence-corrected chi connectivity index (χ0v) is 5.61. The minimum absolute atomic E-state index is 0.598. The van der Waals surface area contributed by atoms with Crippen LogP contribution in [0.4, 0.5) is 13.2 Å². The third-order valence-electron chi connectivity index (χ3n) is 0.966. The Hall–Kier alpha value is -0.670. The van der Waals surface area contributed by atoms with Crippen molar-refractivity contribution < 1.29 is 17.9 Å². The summed E-state index contributed by atoms with van der Waals surface area (Å²) in [5.41, 5.74) is 0. The lowest BCUT2D eigenvalue weighted by atomic mass is 10.2. The molecule has 0 aliphatic heterocycles. The maximum atomic E-state index is 12.2. The molecule has 0 N–H and O–H groups in total. The number of alkyl halides is 3. The van der Waals surface area contributed by atoms with E-state index in [1.54, 1.807) is 0 Å². The van der Waals surface area contributed by atoms with E-state index >= 15 is 0 Å². The monoisotopic (exact) mass is 154 g/mol. The number of halogens is 3. The molecule has 0 aliphatic rings. The summed E-state index contributed by atoms with van der Waals surface area (Å²) < 4.78 is 40.2. The first-order valence-electron chi connectivity index (χ1n) is 2.72. The number of ether oxygens (including phenoxy) is 1. The van der Waals surface area contributed by atoms with Gasteiger partial charge in [0, 0.05) is 6.92 Å². The van der Waals surface area contributed by atoms with Gasteiger partial charge in [-0.05, 0) is 0 Å². The average molecular weight is 154 g/mol. The Kier molecular flexibility index (Phi) is 3.25. The van der Waals surface area contributed by atoms with E-state index in [0.29, 0.717) is 6.92 Å². The normalized spacial score (nSPS) is 14.4. The van der Waals surface area contributed by atoms with E-state index in [1.807, 2.05) is 0 Å². The maximum Gasteiger partial charge on any atom is 0.283 e. The van der Waals surface area contributed by atoms with Crippen molar-refractivity contribution in [2.45, 2.75) is 19.0 Å². The van der Waals surface area contributed by atoms with Crippen molar-refractivity contribution in [1.29, 1.82) is 0 Å². The highest BCUT2D eigenvalue weighted by Crippen LogP contribution is 2.20. The molecule has 0 rings (SSSR count). The number of hydrogen-bond donors (Lipinski definition) is 0. The van der Waals surface area contributed by atoms with Crippen molar-refractivity contribution >= 4 is 0 Å². The van der Waals surface area contributed by atoms with E-state index < -0.39 is 18.7 Å². The Bertz CT molecular complexity index is 108. The minimum Gasteiger partial charge on any atom is -0.490 e. The first kappa shape index (κ1) is 9.33. The molecular formula is C6H9F3O. The van der Waals surface area contributed by atoms with Gasteiger partial charge in [0.15, 0.2) is 6.10 Å². The summed E-state index contributed by atoms with van der Waals surface area (Å²) in [6, 6.07) is 0. The van der Waals surface area contributed by atoms with Crippen LogP contribution in [0.3, 0.4) is 0 Å². The summed E-state index contributed by atoms with van der Waals surface area (Å²) in [6.07, 6.45) is -0.897. The molecule has 0 spiro atoms. The fourth-order valence-corrected chi connectivity index (χ4v) is 0.407. The minimum atomic E-state index is -3.15. The van der Waals surface area contributed by atoms with Crippen molar-refractivity contribution in [1.82, 2.24) is 0 Å². The van der Waals surface area contributed by atoms with Crippen molar-refractivity contribution in [2.75, 3.05) is 6.67 Å². The average Bonchev–Trinajstić information content (AvgIpc) is 1.80. The van der Waals surface area contributed by atoms with Gasteiger partial charge in [-0.2, -0.15) is 0 Å². The van der Waals surface area contributed by atoms with E-state index in [4.69, 9.17) is 0 Å². The smallest absolute Gasteiger partial charge is 0.283 e. The zero-order chi connectivity index (χ0) is 8.20. The quantitative estimate of drug-likeness (QED) is 0.563. The van der Waals surface area contributed by atoms with Crippen LogP contribution in [0.2, 0.25) is 0 Å². The van der Waals surface area contributed by atoms with Crippen LogP contribution in [0.15, 0.2) is 12.8 Å². The van der Waals surface area contributed by atoms with Crippen LogP contribution in [0, 0.1) is 0 Å². The molecule has 0 aliphatic carbocycles. The SMILES string of the molecule is C=COC(CF)C(C)(F)F. The molecule has 0 amide bonds. The summed E-state index contributed by atoms with van der Waals surface area (Å²) >= 11 is 0. The Balaban J connectivity index is 3.92. The highest BCUT2D eigenvalue weighted by molar-refractivity contribution is 4.74. The van der Waals surface area contributed by atoms with E-state index in [1.165, 1.54) is 0 Å². The van der Waals surface area contributed by atoms with Gasteiger partial charge >= 0.3 is 0 Å². The first-order valence-corrected chi connectivity index (χ1v) is 2.72.